The Hall–Kier alpha value is -2.01. The second-order valence-electron chi connectivity index (χ2n) is 4.51. The van der Waals surface area contributed by atoms with Gasteiger partial charge in [-0.15, -0.1) is 13.2 Å². The zero-order chi connectivity index (χ0) is 14.8. The van der Waals surface area contributed by atoms with Crippen LogP contribution in [0.4, 0.5) is 13.2 Å². The van der Waals surface area contributed by atoms with Crippen molar-refractivity contribution < 1.29 is 17.9 Å². The smallest absolute Gasteiger partial charge is 0.406 e. The molecule has 0 bridgehead atoms. The van der Waals surface area contributed by atoms with E-state index in [1.54, 1.807) is 0 Å². The SMILES string of the molecule is Cc1cccc([C@@H](N)c2ccc(OC(F)(F)F)cc2)c1. The van der Waals surface area contributed by atoms with Gasteiger partial charge in [0.05, 0.1) is 6.04 Å². The lowest BCUT2D eigenvalue weighted by Crippen LogP contribution is -2.17. The fourth-order valence-corrected chi connectivity index (χ4v) is 1.93. The molecule has 0 saturated carbocycles. The number of benzene rings is 2. The van der Waals surface area contributed by atoms with Crippen molar-refractivity contribution in [2.24, 2.45) is 5.73 Å². The van der Waals surface area contributed by atoms with E-state index in [0.29, 0.717) is 0 Å². The summed E-state index contributed by atoms with van der Waals surface area (Å²) >= 11 is 0. The van der Waals surface area contributed by atoms with E-state index in [1.807, 2.05) is 31.2 Å². The summed E-state index contributed by atoms with van der Waals surface area (Å²) in [7, 11) is 0. The highest BCUT2D eigenvalue weighted by Crippen LogP contribution is 2.26. The highest BCUT2D eigenvalue weighted by molar-refractivity contribution is 5.36. The molecule has 0 aliphatic carbocycles. The van der Waals surface area contributed by atoms with Gasteiger partial charge in [0, 0.05) is 0 Å². The molecule has 20 heavy (non-hydrogen) atoms. The van der Waals surface area contributed by atoms with Crippen LogP contribution in [0.3, 0.4) is 0 Å². The molecule has 0 amide bonds. The lowest BCUT2D eigenvalue weighted by molar-refractivity contribution is -0.274. The largest absolute Gasteiger partial charge is 0.573 e. The Bertz CT molecular complexity index is 578. The predicted molar refractivity (Wildman–Crippen MR) is 70.3 cm³/mol. The maximum atomic E-state index is 12.1. The molecule has 1 atom stereocenters. The molecule has 0 aliphatic rings. The van der Waals surface area contributed by atoms with E-state index in [0.717, 1.165) is 16.7 Å². The molecule has 106 valence electrons. The van der Waals surface area contributed by atoms with E-state index in [-0.39, 0.29) is 11.8 Å². The Morgan fingerprint density at radius 2 is 1.65 bits per heavy atom. The van der Waals surface area contributed by atoms with Gasteiger partial charge in [0.1, 0.15) is 5.75 Å². The summed E-state index contributed by atoms with van der Waals surface area (Å²) in [4.78, 5) is 0. The molecule has 2 aromatic rings. The van der Waals surface area contributed by atoms with Crippen molar-refractivity contribution in [3.05, 3.63) is 65.2 Å². The van der Waals surface area contributed by atoms with Gasteiger partial charge >= 0.3 is 6.36 Å². The fraction of sp³-hybridized carbons (Fsp3) is 0.200. The predicted octanol–water partition coefficient (Wildman–Crippen LogP) is 3.94. The molecule has 0 spiro atoms. The summed E-state index contributed by atoms with van der Waals surface area (Å²) in [5, 5.41) is 0. The molecule has 0 unspecified atom stereocenters. The van der Waals surface area contributed by atoms with Crippen LogP contribution in [0.5, 0.6) is 5.75 Å². The van der Waals surface area contributed by atoms with Gasteiger partial charge in [-0.3, -0.25) is 0 Å². The Morgan fingerprint density at radius 1 is 1.00 bits per heavy atom. The Kier molecular flexibility index (Phi) is 3.99. The minimum atomic E-state index is -4.68. The Morgan fingerprint density at radius 3 is 2.20 bits per heavy atom. The zero-order valence-electron chi connectivity index (χ0n) is 10.8. The number of hydrogen-bond donors (Lipinski definition) is 1. The third-order valence-corrected chi connectivity index (χ3v) is 2.87. The first kappa shape index (κ1) is 14.4. The molecular formula is C15H14F3NO. The average molecular weight is 281 g/mol. The van der Waals surface area contributed by atoms with Crippen LogP contribution in [0.2, 0.25) is 0 Å². The third-order valence-electron chi connectivity index (χ3n) is 2.87. The molecule has 0 radical (unpaired) electrons. The lowest BCUT2D eigenvalue weighted by atomic mass is 9.98. The highest BCUT2D eigenvalue weighted by Gasteiger charge is 2.31. The summed E-state index contributed by atoms with van der Waals surface area (Å²) in [6, 6.07) is 12.9. The van der Waals surface area contributed by atoms with Crippen LogP contribution in [-0.4, -0.2) is 6.36 Å². The van der Waals surface area contributed by atoms with E-state index in [9.17, 15) is 13.2 Å². The van der Waals surface area contributed by atoms with Crippen molar-refractivity contribution >= 4 is 0 Å². The zero-order valence-corrected chi connectivity index (χ0v) is 10.8. The van der Waals surface area contributed by atoms with Crippen molar-refractivity contribution in [1.82, 2.24) is 0 Å². The van der Waals surface area contributed by atoms with Crippen LogP contribution >= 0.6 is 0 Å². The Labute approximate surface area is 115 Å². The fourth-order valence-electron chi connectivity index (χ4n) is 1.93. The van der Waals surface area contributed by atoms with E-state index in [1.165, 1.54) is 24.3 Å². The third kappa shape index (κ3) is 3.74. The number of hydrogen-bond acceptors (Lipinski definition) is 2. The average Bonchev–Trinajstić information content (AvgIpc) is 2.37. The van der Waals surface area contributed by atoms with Crippen LogP contribution in [-0.2, 0) is 0 Å². The highest BCUT2D eigenvalue weighted by atomic mass is 19.4. The topological polar surface area (TPSA) is 35.2 Å². The van der Waals surface area contributed by atoms with Crippen LogP contribution in [0, 0.1) is 6.92 Å². The molecule has 5 heteroatoms. The molecule has 0 aromatic heterocycles. The molecule has 0 fully saturated rings. The summed E-state index contributed by atoms with van der Waals surface area (Å²) in [5.41, 5.74) is 8.82. The first-order valence-corrected chi connectivity index (χ1v) is 6.03. The summed E-state index contributed by atoms with van der Waals surface area (Å²) in [5.74, 6) is -0.252. The second-order valence-corrected chi connectivity index (χ2v) is 4.51. The van der Waals surface area contributed by atoms with Crippen molar-refractivity contribution in [2.45, 2.75) is 19.3 Å². The van der Waals surface area contributed by atoms with Crippen LogP contribution in [0.1, 0.15) is 22.7 Å². The van der Waals surface area contributed by atoms with Crippen molar-refractivity contribution in [2.75, 3.05) is 0 Å². The van der Waals surface area contributed by atoms with Crippen LogP contribution in [0.15, 0.2) is 48.5 Å². The number of halogens is 3. The summed E-state index contributed by atoms with van der Waals surface area (Å²) in [6.45, 7) is 1.95. The van der Waals surface area contributed by atoms with E-state index >= 15 is 0 Å². The van der Waals surface area contributed by atoms with Gasteiger partial charge in [0.15, 0.2) is 0 Å². The first-order chi connectivity index (χ1) is 9.35. The molecule has 2 rings (SSSR count). The van der Waals surface area contributed by atoms with Gasteiger partial charge in [0.2, 0.25) is 0 Å². The minimum Gasteiger partial charge on any atom is -0.406 e. The van der Waals surface area contributed by atoms with E-state index < -0.39 is 6.36 Å². The number of ether oxygens (including phenoxy) is 1. The molecule has 2 aromatic carbocycles. The van der Waals surface area contributed by atoms with E-state index in [2.05, 4.69) is 4.74 Å². The number of rotatable bonds is 3. The van der Waals surface area contributed by atoms with E-state index in [4.69, 9.17) is 5.73 Å². The molecular weight excluding hydrogens is 267 g/mol. The van der Waals surface area contributed by atoms with Gasteiger partial charge < -0.3 is 10.5 Å². The van der Waals surface area contributed by atoms with Gasteiger partial charge in [-0.25, -0.2) is 0 Å². The maximum absolute atomic E-state index is 12.1. The van der Waals surface area contributed by atoms with Gasteiger partial charge in [0.25, 0.3) is 0 Å². The van der Waals surface area contributed by atoms with Crippen molar-refractivity contribution in [1.29, 1.82) is 0 Å². The van der Waals surface area contributed by atoms with Crippen LogP contribution in [0.25, 0.3) is 0 Å². The quantitative estimate of drug-likeness (QED) is 0.924. The molecule has 0 heterocycles. The normalized spacial score (nSPS) is 13.1. The summed E-state index contributed by atoms with van der Waals surface area (Å²) < 4.78 is 40.0. The van der Waals surface area contributed by atoms with Crippen molar-refractivity contribution in [3.63, 3.8) is 0 Å². The van der Waals surface area contributed by atoms with Gasteiger partial charge in [-0.2, -0.15) is 0 Å². The maximum Gasteiger partial charge on any atom is 0.573 e. The number of alkyl halides is 3. The lowest BCUT2D eigenvalue weighted by Gasteiger charge is -2.14. The summed E-state index contributed by atoms with van der Waals surface area (Å²) in [6.07, 6.45) is -4.68. The minimum absolute atomic E-state index is 0.252. The van der Waals surface area contributed by atoms with Crippen LogP contribution < -0.4 is 10.5 Å². The monoisotopic (exact) mass is 281 g/mol. The second kappa shape index (κ2) is 5.54. The standard InChI is InChI=1S/C15H14F3NO/c1-10-3-2-4-12(9-10)14(19)11-5-7-13(8-6-11)20-15(16,17)18/h2-9,14H,19H2,1H3/t14-/m0/s1. The van der Waals surface area contributed by atoms with Crippen molar-refractivity contribution in [3.8, 4) is 5.75 Å². The van der Waals surface area contributed by atoms with Gasteiger partial charge in [-0.05, 0) is 30.2 Å². The molecule has 2 nitrogen and oxygen atoms in total. The van der Waals surface area contributed by atoms with Gasteiger partial charge in [-0.1, -0.05) is 42.0 Å². The first-order valence-electron chi connectivity index (χ1n) is 6.03. The molecule has 0 saturated heterocycles. The molecule has 0 aliphatic heterocycles. The number of aryl methyl sites for hydroxylation is 1. The molecule has 2 N–H and O–H groups in total. The Balaban J connectivity index is 2.17. The number of nitrogens with two attached hydrogens (primary N) is 1.